The molecule has 1 aliphatic heterocycles. The Morgan fingerprint density at radius 2 is 1.76 bits per heavy atom. The Hall–Kier alpha value is -4.56. The molecule has 1 fully saturated rings. The number of aliphatic hydroxyl groups excluding tert-OH is 2. The van der Waals surface area contributed by atoms with Crippen LogP contribution in [0.15, 0.2) is 72.5 Å². The molecule has 0 spiro atoms. The van der Waals surface area contributed by atoms with Gasteiger partial charge in [0.1, 0.15) is 43.4 Å². The van der Waals surface area contributed by atoms with Crippen LogP contribution in [0.1, 0.15) is 61.5 Å². The lowest BCUT2D eigenvalue weighted by Gasteiger charge is -2.34. The summed E-state index contributed by atoms with van der Waals surface area (Å²) in [5, 5.41) is 21.7. The molecule has 13 heteroatoms. The van der Waals surface area contributed by atoms with Crippen molar-refractivity contribution in [3.05, 3.63) is 89.2 Å². The number of fused-ring (bicyclic) bond motifs is 1. The molecule has 0 bridgehead atoms. The third-order valence-electron chi connectivity index (χ3n) is 8.29. The van der Waals surface area contributed by atoms with Gasteiger partial charge in [-0.25, -0.2) is 4.79 Å². The summed E-state index contributed by atoms with van der Waals surface area (Å²) in [5.74, 6) is -2.02. The minimum Gasteiger partial charge on any atom is -0.499 e. The molecule has 0 unspecified atom stereocenters. The number of ether oxygens (including phenoxy) is 5. The maximum absolute atomic E-state index is 14.1. The number of likely N-dealkylation sites (N-methyl/N-ethyl adjacent to an activating group) is 1. The number of hydrogen-bond acceptors (Lipinski definition) is 11. The van der Waals surface area contributed by atoms with Crippen LogP contribution in [0.3, 0.4) is 0 Å². The average molecular weight is 709 g/mol. The van der Waals surface area contributed by atoms with Crippen LogP contribution in [-0.2, 0) is 44.5 Å². The normalized spacial score (nSPS) is 19.7. The van der Waals surface area contributed by atoms with E-state index in [2.05, 4.69) is 5.32 Å². The van der Waals surface area contributed by atoms with E-state index in [0.29, 0.717) is 11.1 Å². The maximum atomic E-state index is 14.1. The number of amides is 2. The zero-order chi connectivity index (χ0) is 37.0. The zero-order valence-corrected chi connectivity index (χ0v) is 29.5. The van der Waals surface area contributed by atoms with Gasteiger partial charge in [0.25, 0.3) is 0 Å². The van der Waals surface area contributed by atoms with E-state index < -0.39 is 66.4 Å². The van der Waals surface area contributed by atoms with E-state index in [-0.39, 0.29) is 45.7 Å². The van der Waals surface area contributed by atoms with Gasteiger partial charge in [0.05, 0.1) is 31.1 Å². The molecule has 2 aromatic rings. The summed E-state index contributed by atoms with van der Waals surface area (Å²) in [6, 6.07) is 14.1. The molecule has 13 nitrogen and oxygen atoms in total. The van der Waals surface area contributed by atoms with Crippen molar-refractivity contribution in [1.29, 1.82) is 0 Å². The van der Waals surface area contributed by atoms with Crippen molar-refractivity contribution < 1.29 is 53.1 Å². The predicted molar refractivity (Wildman–Crippen MR) is 186 cm³/mol. The summed E-state index contributed by atoms with van der Waals surface area (Å²) in [7, 11) is 1.52. The fourth-order valence-corrected chi connectivity index (χ4v) is 5.70. The Kier molecular flexibility index (Phi) is 14.3. The van der Waals surface area contributed by atoms with E-state index in [1.165, 1.54) is 18.2 Å². The standard InChI is InChI=1S/C38H48N2O11/c1-38(2,3)51-33(43)15-14-29(23-42)39-35(44)30(20-26-8-6-5-7-9-26)40(4)36(45)28-21-31-34(49-24-48-31)32(22-28)50-37(46)27-12-10-25(11-13-27)16-18-47-19-17-41/h5-13,16,18,21,29-32,34,41-42H,14-15,17,19-20,22-24H2,1-4H3,(H,39,44)/t29-,30+,31+,32+,34+/m0/s1. The molecule has 5 atom stereocenters. The van der Waals surface area contributed by atoms with Crippen molar-refractivity contribution in [3.63, 3.8) is 0 Å². The summed E-state index contributed by atoms with van der Waals surface area (Å²) in [5.41, 5.74) is 1.50. The molecule has 1 aliphatic carbocycles. The Labute approximate surface area is 298 Å². The third kappa shape index (κ3) is 11.7. The molecular weight excluding hydrogens is 660 g/mol. The second kappa shape index (κ2) is 18.6. The summed E-state index contributed by atoms with van der Waals surface area (Å²) in [6.45, 7) is 4.90. The van der Waals surface area contributed by atoms with Gasteiger partial charge in [-0.3, -0.25) is 14.4 Å². The van der Waals surface area contributed by atoms with Crippen LogP contribution >= 0.6 is 0 Å². The SMILES string of the molecule is CN(C(=O)C1=C[C@H]2OCO[C@H]2[C@H](OC(=O)c2ccc(C=COCCO)cc2)C1)[C@H](Cc1ccccc1)C(=O)N[C@H](CO)CCC(=O)OC(C)(C)C. The molecule has 2 aromatic carbocycles. The molecular formula is C38H48N2O11. The lowest BCUT2D eigenvalue weighted by Crippen LogP contribution is -2.53. The minimum absolute atomic E-state index is 0.0138. The van der Waals surface area contributed by atoms with E-state index in [1.54, 1.807) is 57.2 Å². The molecule has 1 heterocycles. The van der Waals surface area contributed by atoms with Crippen molar-refractivity contribution in [2.45, 2.75) is 82.5 Å². The van der Waals surface area contributed by atoms with Gasteiger partial charge in [-0.05, 0) is 62.6 Å². The highest BCUT2D eigenvalue weighted by Gasteiger charge is 2.43. The summed E-state index contributed by atoms with van der Waals surface area (Å²) in [4.78, 5) is 54.7. The number of nitrogens with one attached hydrogen (secondary N) is 1. The molecule has 1 saturated heterocycles. The molecule has 0 aromatic heterocycles. The number of nitrogens with zero attached hydrogens (tertiary/aromatic N) is 1. The monoisotopic (exact) mass is 708 g/mol. The van der Waals surface area contributed by atoms with E-state index in [9.17, 15) is 24.3 Å². The zero-order valence-electron chi connectivity index (χ0n) is 29.5. The lowest BCUT2D eigenvalue weighted by atomic mass is 9.90. The quantitative estimate of drug-likeness (QED) is 0.133. The van der Waals surface area contributed by atoms with Crippen LogP contribution in [0.2, 0.25) is 0 Å². The first-order valence-corrected chi connectivity index (χ1v) is 17.0. The topological polar surface area (TPSA) is 170 Å². The highest BCUT2D eigenvalue weighted by atomic mass is 16.7. The number of hydrogen-bond donors (Lipinski definition) is 3. The molecule has 2 amide bonds. The van der Waals surface area contributed by atoms with Crippen LogP contribution in [0.5, 0.6) is 0 Å². The highest BCUT2D eigenvalue weighted by molar-refractivity contribution is 5.97. The van der Waals surface area contributed by atoms with Gasteiger partial charge in [-0.1, -0.05) is 42.5 Å². The largest absolute Gasteiger partial charge is 0.499 e. The molecule has 3 N–H and O–H groups in total. The molecule has 51 heavy (non-hydrogen) atoms. The average Bonchev–Trinajstić information content (AvgIpc) is 3.59. The minimum atomic E-state index is -0.988. The Balaban J connectivity index is 1.47. The number of benzene rings is 2. The predicted octanol–water partition coefficient (Wildman–Crippen LogP) is 2.93. The van der Waals surface area contributed by atoms with Crippen molar-refractivity contribution in [1.82, 2.24) is 10.2 Å². The summed E-state index contributed by atoms with van der Waals surface area (Å²) >= 11 is 0. The highest BCUT2D eigenvalue weighted by Crippen LogP contribution is 2.32. The summed E-state index contributed by atoms with van der Waals surface area (Å²) in [6.07, 6.45) is 3.01. The van der Waals surface area contributed by atoms with Crippen LogP contribution < -0.4 is 5.32 Å². The second-order valence-corrected chi connectivity index (χ2v) is 13.4. The number of carbonyl (C=O) groups is 4. The molecule has 4 rings (SSSR count). The first kappa shape index (κ1) is 39.2. The third-order valence-corrected chi connectivity index (χ3v) is 8.29. The number of carbonyl (C=O) groups excluding carboxylic acids is 4. The fraction of sp³-hybridized carbons (Fsp3) is 0.474. The molecule has 0 saturated carbocycles. The van der Waals surface area contributed by atoms with Gasteiger partial charge in [0.15, 0.2) is 0 Å². The maximum Gasteiger partial charge on any atom is 0.338 e. The fourth-order valence-electron chi connectivity index (χ4n) is 5.70. The Bertz CT molecular complexity index is 1540. The van der Waals surface area contributed by atoms with Gasteiger partial charge < -0.3 is 44.1 Å². The van der Waals surface area contributed by atoms with Crippen LogP contribution in [-0.4, -0.2) is 109 Å². The number of rotatable bonds is 16. The van der Waals surface area contributed by atoms with Gasteiger partial charge in [-0.15, -0.1) is 0 Å². The van der Waals surface area contributed by atoms with Crippen molar-refractivity contribution >= 4 is 29.8 Å². The Morgan fingerprint density at radius 1 is 1.04 bits per heavy atom. The van der Waals surface area contributed by atoms with Gasteiger partial charge in [-0.2, -0.15) is 0 Å². The van der Waals surface area contributed by atoms with Crippen LogP contribution in [0.4, 0.5) is 0 Å². The number of aliphatic hydroxyl groups is 2. The van der Waals surface area contributed by atoms with Gasteiger partial charge in [0.2, 0.25) is 11.8 Å². The molecule has 0 radical (unpaired) electrons. The smallest absolute Gasteiger partial charge is 0.338 e. The molecule has 276 valence electrons. The van der Waals surface area contributed by atoms with E-state index >= 15 is 0 Å². The van der Waals surface area contributed by atoms with Crippen molar-refractivity contribution in [2.24, 2.45) is 0 Å². The van der Waals surface area contributed by atoms with Gasteiger partial charge >= 0.3 is 11.9 Å². The lowest BCUT2D eigenvalue weighted by molar-refractivity contribution is -0.155. The van der Waals surface area contributed by atoms with Crippen LogP contribution in [0, 0.1) is 0 Å². The first-order valence-electron chi connectivity index (χ1n) is 17.0. The summed E-state index contributed by atoms with van der Waals surface area (Å²) < 4.78 is 27.8. The van der Waals surface area contributed by atoms with E-state index in [1.807, 2.05) is 30.3 Å². The second-order valence-electron chi connectivity index (χ2n) is 13.4. The molecule has 2 aliphatic rings. The van der Waals surface area contributed by atoms with E-state index in [0.717, 1.165) is 11.1 Å². The Morgan fingerprint density at radius 3 is 2.43 bits per heavy atom. The first-order chi connectivity index (χ1) is 24.4. The van der Waals surface area contributed by atoms with Crippen LogP contribution in [0.25, 0.3) is 6.08 Å². The van der Waals surface area contributed by atoms with Crippen molar-refractivity contribution in [2.75, 3.05) is 33.7 Å². The van der Waals surface area contributed by atoms with Crippen molar-refractivity contribution in [3.8, 4) is 0 Å². The van der Waals surface area contributed by atoms with E-state index in [4.69, 9.17) is 28.8 Å². The van der Waals surface area contributed by atoms with Gasteiger partial charge in [0, 0.05) is 31.9 Å². The number of esters is 2.